The first kappa shape index (κ1) is 11.7. The zero-order chi connectivity index (χ0) is 10.6. The number of likely N-dealkylation sites (N-methyl/N-ethyl adjacent to an activating group) is 1. The van der Waals surface area contributed by atoms with Gasteiger partial charge in [-0.05, 0) is 33.7 Å². The molecule has 0 bridgehead atoms. The smallest absolute Gasteiger partial charge is 0.155 e. The van der Waals surface area contributed by atoms with Crippen LogP contribution in [0.2, 0.25) is 0 Å². The number of nitrogens with one attached hydrogen (secondary N) is 1. The van der Waals surface area contributed by atoms with Gasteiger partial charge in [-0.1, -0.05) is 25.7 Å². The Balaban J connectivity index is 2.58. The van der Waals surface area contributed by atoms with E-state index in [4.69, 9.17) is 0 Å². The van der Waals surface area contributed by atoms with Crippen molar-refractivity contribution in [1.82, 2.24) is 5.32 Å². The Labute approximate surface area is 87.5 Å². The maximum Gasteiger partial charge on any atom is 0.155 e. The van der Waals surface area contributed by atoms with Crippen LogP contribution in [0.25, 0.3) is 0 Å². The molecule has 1 aliphatic rings. The summed E-state index contributed by atoms with van der Waals surface area (Å²) >= 11 is 0. The summed E-state index contributed by atoms with van der Waals surface area (Å²) in [4.78, 5) is 12.1. The van der Waals surface area contributed by atoms with E-state index in [0.717, 1.165) is 12.8 Å². The first-order chi connectivity index (χ1) is 6.58. The number of carbonyl (C=O) groups is 1. The van der Waals surface area contributed by atoms with Crippen LogP contribution >= 0.6 is 0 Å². The van der Waals surface area contributed by atoms with E-state index in [2.05, 4.69) is 5.32 Å². The largest absolute Gasteiger partial charge is 0.308 e. The molecule has 0 saturated heterocycles. The molecule has 0 unspecified atom stereocenters. The third-order valence-electron chi connectivity index (χ3n) is 3.47. The van der Waals surface area contributed by atoms with E-state index in [-0.39, 0.29) is 5.54 Å². The van der Waals surface area contributed by atoms with Crippen molar-refractivity contribution >= 4 is 5.78 Å². The van der Waals surface area contributed by atoms with Gasteiger partial charge in [0, 0.05) is 5.92 Å². The number of hydrogen-bond donors (Lipinski definition) is 1. The van der Waals surface area contributed by atoms with Crippen molar-refractivity contribution in [1.29, 1.82) is 0 Å². The highest BCUT2D eigenvalue weighted by Crippen LogP contribution is 2.26. The molecule has 2 nitrogen and oxygen atoms in total. The molecule has 0 aromatic heterocycles. The molecule has 14 heavy (non-hydrogen) atoms. The van der Waals surface area contributed by atoms with Crippen LogP contribution in [0, 0.1) is 5.92 Å². The Morgan fingerprint density at radius 3 is 2.07 bits per heavy atom. The fraction of sp³-hybridized carbons (Fsp3) is 0.917. The average Bonchev–Trinajstić information content (AvgIpc) is 2.44. The van der Waals surface area contributed by atoms with Crippen LogP contribution in [0.1, 0.15) is 52.4 Å². The molecule has 1 saturated carbocycles. The zero-order valence-corrected chi connectivity index (χ0v) is 9.73. The van der Waals surface area contributed by atoms with E-state index in [1.54, 1.807) is 0 Å². The van der Waals surface area contributed by atoms with Crippen molar-refractivity contribution in [2.75, 3.05) is 7.05 Å². The van der Waals surface area contributed by atoms with Crippen LogP contribution in [0.3, 0.4) is 0 Å². The van der Waals surface area contributed by atoms with Gasteiger partial charge in [0.15, 0.2) is 5.78 Å². The fourth-order valence-corrected chi connectivity index (χ4v) is 2.18. The third-order valence-corrected chi connectivity index (χ3v) is 3.47. The second-order valence-electron chi connectivity index (χ2n) is 4.93. The fourth-order valence-electron chi connectivity index (χ4n) is 2.18. The maximum atomic E-state index is 12.1. The molecular weight excluding hydrogens is 174 g/mol. The van der Waals surface area contributed by atoms with Gasteiger partial charge in [-0.2, -0.15) is 0 Å². The van der Waals surface area contributed by atoms with Crippen LogP contribution in [-0.2, 0) is 4.79 Å². The summed E-state index contributed by atoms with van der Waals surface area (Å²) in [7, 11) is 1.87. The minimum absolute atomic E-state index is 0.306. The van der Waals surface area contributed by atoms with E-state index in [9.17, 15) is 4.79 Å². The number of carbonyl (C=O) groups excluding carboxylic acids is 1. The number of rotatable bonds is 3. The number of hydrogen-bond acceptors (Lipinski definition) is 2. The summed E-state index contributed by atoms with van der Waals surface area (Å²) in [5.74, 6) is 0.710. The van der Waals surface area contributed by atoms with Crippen LogP contribution in [0.4, 0.5) is 0 Å². The Hall–Kier alpha value is -0.370. The lowest BCUT2D eigenvalue weighted by Crippen LogP contribution is -2.47. The molecule has 1 aliphatic carbocycles. The Morgan fingerprint density at radius 1 is 1.14 bits per heavy atom. The molecule has 82 valence electrons. The summed E-state index contributed by atoms with van der Waals surface area (Å²) in [5, 5.41) is 3.11. The van der Waals surface area contributed by atoms with Gasteiger partial charge in [0.2, 0.25) is 0 Å². The predicted molar refractivity (Wildman–Crippen MR) is 59.3 cm³/mol. The Morgan fingerprint density at radius 2 is 1.64 bits per heavy atom. The lowest BCUT2D eigenvalue weighted by Gasteiger charge is -2.27. The number of ketones is 1. The van der Waals surface area contributed by atoms with Crippen molar-refractivity contribution in [2.45, 2.75) is 57.9 Å². The van der Waals surface area contributed by atoms with Gasteiger partial charge in [0.05, 0.1) is 5.54 Å². The molecule has 1 rings (SSSR count). The normalized spacial score (nSPS) is 20.5. The third kappa shape index (κ3) is 2.81. The molecule has 0 aliphatic heterocycles. The molecule has 0 amide bonds. The second-order valence-corrected chi connectivity index (χ2v) is 4.93. The summed E-state index contributed by atoms with van der Waals surface area (Å²) in [5.41, 5.74) is -0.338. The van der Waals surface area contributed by atoms with Crippen LogP contribution in [0.15, 0.2) is 0 Å². The summed E-state index contributed by atoms with van der Waals surface area (Å²) in [6.45, 7) is 3.97. The van der Waals surface area contributed by atoms with Crippen molar-refractivity contribution in [3.63, 3.8) is 0 Å². The molecule has 0 atom stereocenters. The van der Waals surface area contributed by atoms with Gasteiger partial charge in [-0.15, -0.1) is 0 Å². The van der Waals surface area contributed by atoms with E-state index < -0.39 is 0 Å². The van der Waals surface area contributed by atoms with E-state index in [1.807, 2.05) is 20.9 Å². The lowest BCUT2D eigenvalue weighted by atomic mass is 9.84. The van der Waals surface area contributed by atoms with Crippen molar-refractivity contribution in [3.8, 4) is 0 Å². The number of Topliss-reactive ketones (excluding diaryl/α,β-unsaturated/α-hetero) is 1. The SMILES string of the molecule is CNC(C)(C)C(=O)C1CCCCCC1. The van der Waals surface area contributed by atoms with Gasteiger partial charge in [-0.25, -0.2) is 0 Å². The topological polar surface area (TPSA) is 29.1 Å². The highest BCUT2D eigenvalue weighted by Gasteiger charge is 2.31. The van der Waals surface area contributed by atoms with Gasteiger partial charge >= 0.3 is 0 Å². The molecule has 1 fully saturated rings. The molecular formula is C12H23NO. The molecule has 0 aromatic rings. The summed E-state index contributed by atoms with van der Waals surface area (Å²) < 4.78 is 0. The van der Waals surface area contributed by atoms with Crippen molar-refractivity contribution in [2.24, 2.45) is 5.92 Å². The Bertz CT molecular complexity index is 190. The van der Waals surface area contributed by atoms with E-state index in [0.29, 0.717) is 11.7 Å². The minimum Gasteiger partial charge on any atom is -0.308 e. The van der Waals surface area contributed by atoms with Gasteiger partial charge in [-0.3, -0.25) is 4.79 Å². The molecule has 1 N–H and O–H groups in total. The average molecular weight is 197 g/mol. The highest BCUT2D eigenvalue weighted by atomic mass is 16.1. The van der Waals surface area contributed by atoms with E-state index in [1.165, 1.54) is 25.7 Å². The van der Waals surface area contributed by atoms with Crippen LogP contribution < -0.4 is 5.32 Å². The van der Waals surface area contributed by atoms with Gasteiger partial charge < -0.3 is 5.32 Å². The molecule has 2 heteroatoms. The maximum absolute atomic E-state index is 12.1. The van der Waals surface area contributed by atoms with Gasteiger partial charge in [0.1, 0.15) is 0 Å². The highest BCUT2D eigenvalue weighted by molar-refractivity contribution is 5.89. The quantitative estimate of drug-likeness (QED) is 0.704. The standard InChI is InChI=1S/C12H23NO/c1-12(2,13-3)11(14)10-8-6-4-5-7-9-10/h10,13H,4-9H2,1-3H3. The van der Waals surface area contributed by atoms with Gasteiger partial charge in [0.25, 0.3) is 0 Å². The lowest BCUT2D eigenvalue weighted by molar-refractivity contribution is -0.128. The molecule has 0 radical (unpaired) electrons. The van der Waals surface area contributed by atoms with Crippen LogP contribution in [-0.4, -0.2) is 18.4 Å². The summed E-state index contributed by atoms with van der Waals surface area (Å²) in [6, 6.07) is 0. The van der Waals surface area contributed by atoms with Crippen LogP contribution in [0.5, 0.6) is 0 Å². The first-order valence-corrected chi connectivity index (χ1v) is 5.81. The molecule has 0 heterocycles. The Kier molecular flexibility index (Phi) is 4.11. The zero-order valence-electron chi connectivity index (χ0n) is 9.73. The monoisotopic (exact) mass is 197 g/mol. The van der Waals surface area contributed by atoms with E-state index >= 15 is 0 Å². The minimum atomic E-state index is -0.338. The second kappa shape index (κ2) is 4.92. The predicted octanol–water partition coefficient (Wildman–Crippen LogP) is 2.52. The summed E-state index contributed by atoms with van der Waals surface area (Å²) in [6.07, 6.45) is 7.29. The van der Waals surface area contributed by atoms with Crippen molar-refractivity contribution < 1.29 is 4.79 Å². The molecule has 0 spiro atoms. The molecule has 0 aromatic carbocycles. The first-order valence-electron chi connectivity index (χ1n) is 5.81. The van der Waals surface area contributed by atoms with Crippen molar-refractivity contribution in [3.05, 3.63) is 0 Å².